The van der Waals surface area contributed by atoms with Crippen LogP contribution in [0.5, 0.6) is 0 Å². The molecule has 1 unspecified atom stereocenters. The summed E-state index contributed by atoms with van der Waals surface area (Å²) < 4.78 is 5.45. The van der Waals surface area contributed by atoms with Gasteiger partial charge in [-0.15, -0.1) is 0 Å². The molecule has 0 aliphatic carbocycles. The second-order valence-corrected chi connectivity index (χ2v) is 8.43. The second-order valence-electron chi connectivity index (χ2n) is 8.43. The van der Waals surface area contributed by atoms with Gasteiger partial charge in [0.1, 0.15) is 18.0 Å². The third-order valence-electron chi connectivity index (χ3n) is 6.68. The van der Waals surface area contributed by atoms with Gasteiger partial charge in [-0.25, -0.2) is 9.97 Å². The first-order valence-electron chi connectivity index (χ1n) is 10.9. The van der Waals surface area contributed by atoms with Crippen LogP contribution in [0, 0.1) is 5.92 Å². The molecule has 0 amide bonds. The van der Waals surface area contributed by atoms with Gasteiger partial charge in [0.25, 0.3) is 0 Å². The quantitative estimate of drug-likeness (QED) is 0.791. The number of anilines is 2. The van der Waals surface area contributed by atoms with E-state index in [1.165, 1.54) is 51.6 Å². The number of piperidine rings is 2. The molecule has 0 bridgehead atoms. The second kappa shape index (κ2) is 9.20. The molecule has 0 radical (unpaired) electrons. The van der Waals surface area contributed by atoms with Gasteiger partial charge in [-0.2, -0.15) is 0 Å². The topological polar surface area (TPSA) is 44.7 Å². The summed E-state index contributed by atoms with van der Waals surface area (Å²) in [5, 5.41) is 0. The molecule has 1 aromatic heterocycles. The van der Waals surface area contributed by atoms with Crippen molar-refractivity contribution in [2.24, 2.45) is 5.92 Å². The first-order chi connectivity index (χ1) is 13.3. The van der Waals surface area contributed by atoms with Gasteiger partial charge in [0.05, 0.1) is 13.2 Å². The summed E-state index contributed by atoms with van der Waals surface area (Å²) in [4.78, 5) is 16.5. The van der Waals surface area contributed by atoms with Crippen molar-refractivity contribution in [3.05, 3.63) is 12.4 Å². The maximum atomic E-state index is 5.45. The van der Waals surface area contributed by atoms with Crippen LogP contribution < -0.4 is 9.80 Å². The van der Waals surface area contributed by atoms with Crippen LogP contribution in [0.25, 0.3) is 0 Å². The van der Waals surface area contributed by atoms with E-state index in [0.29, 0.717) is 0 Å². The Bertz CT molecular complexity index is 584. The number of hydrogen-bond donors (Lipinski definition) is 0. The highest BCUT2D eigenvalue weighted by molar-refractivity contribution is 5.50. The number of morpholine rings is 1. The number of ether oxygens (including phenoxy) is 1. The van der Waals surface area contributed by atoms with E-state index in [0.717, 1.165) is 63.0 Å². The molecule has 150 valence electrons. The van der Waals surface area contributed by atoms with Crippen molar-refractivity contribution in [2.75, 3.05) is 62.3 Å². The van der Waals surface area contributed by atoms with E-state index in [2.05, 4.69) is 37.7 Å². The third-order valence-corrected chi connectivity index (χ3v) is 6.68. The zero-order chi connectivity index (χ0) is 18.5. The SMILES string of the molecule is CC1CCCCN1CCC1CCN(c2cc(N3CCOCC3)ncn2)CC1. The summed E-state index contributed by atoms with van der Waals surface area (Å²) in [5.41, 5.74) is 0. The summed E-state index contributed by atoms with van der Waals surface area (Å²) in [6.45, 7) is 10.7. The van der Waals surface area contributed by atoms with Gasteiger partial charge >= 0.3 is 0 Å². The number of aromatic nitrogens is 2. The average molecular weight is 374 g/mol. The largest absolute Gasteiger partial charge is 0.378 e. The minimum Gasteiger partial charge on any atom is -0.378 e. The highest BCUT2D eigenvalue weighted by atomic mass is 16.5. The number of rotatable bonds is 5. The van der Waals surface area contributed by atoms with E-state index in [1.807, 2.05) is 0 Å². The monoisotopic (exact) mass is 373 g/mol. The maximum absolute atomic E-state index is 5.45. The van der Waals surface area contributed by atoms with Crippen LogP contribution in [0.15, 0.2) is 12.4 Å². The molecule has 3 saturated heterocycles. The van der Waals surface area contributed by atoms with Crippen LogP contribution in [-0.2, 0) is 4.74 Å². The van der Waals surface area contributed by atoms with Crippen molar-refractivity contribution in [2.45, 2.75) is 51.5 Å². The van der Waals surface area contributed by atoms with Crippen molar-refractivity contribution in [1.82, 2.24) is 14.9 Å². The first kappa shape index (κ1) is 18.9. The van der Waals surface area contributed by atoms with Crippen molar-refractivity contribution < 1.29 is 4.74 Å². The molecule has 4 rings (SSSR count). The van der Waals surface area contributed by atoms with Crippen molar-refractivity contribution >= 4 is 11.6 Å². The number of hydrogen-bond acceptors (Lipinski definition) is 6. The molecule has 1 aromatic rings. The normalized spacial score (nSPS) is 25.7. The molecule has 4 heterocycles. The van der Waals surface area contributed by atoms with E-state index in [1.54, 1.807) is 6.33 Å². The first-order valence-corrected chi connectivity index (χ1v) is 10.9. The van der Waals surface area contributed by atoms with Gasteiger partial charge in [0.15, 0.2) is 0 Å². The van der Waals surface area contributed by atoms with Crippen LogP contribution in [-0.4, -0.2) is 73.4 Å². The lowest BCUT2D eigenvalue weighted by Crippen LogP contribution is -2.40. The summed E-state index contributed by atoms with van der Waals surface area (Å²) in [7, 11) is 0. The highest BCUT2D eigenvalue weighted by Crippen LogP contribution is 2.27. The van der Waals surface area contributed by atoms with Crippen molar-refractivity contribution in [3.8, 4) is 0 Å². The van der Waals surface area contributed by atoms with Gasteiger partial charge in [0.2, 0.25) is 0 Å². The van der Waals surface area contributed by atoms with Gasteiger partial charge < -0.3 is 19.4 Å². The highest BCUT2D eigenvalue weighted by Gasteiger charge is 2.24. The van der Waals surface area contributed by atoms with Crippen LogP contribution in [0.2, 0.25) is 0 Å². The standard InChI is InChI=1S/C21H35N5O/c1-18-4-2-3-8-24(18)9-5-19-6-10-25(11-7-19)20-16-21(23-17-22-20)26-12-14-27-15-13-26/h16-19H,2-15H2,1H3. The van der Waals surface area contributed by atoms with E-state index in [-0.39, 0.29) is 0 Å². The van der Waals surface area contributed by atoms with E-state index >= 15 is 0 Å². The van der Waals surface area contributed by atoms with Crippen LogP contribution in [0.3, 0.4) is 0 Å². The van der Waals surface area contributed by atoms with Crippen LogP contribution in [0.4, 0.5) is 11.6 Å². The lowest BCUT2D eigenvalue weighted by molar-refractivity contribution is 0.122. The average Bonchev–Trinajstić information content (AvgIpc) is 2.74. The zero-order valence-corrected chi connectivity index (χ0v) is 16.9. The Morgan fingerprint density at radius 1 is 0.926 bits per heavy atom. The Balaban J connectivity index is 1.26. The molecule has 6 nitrogen and oxygen atoms in total. The van der Waals surface area contributed by atoms with Gasteiger partial charge in [0, 0.05) is 38.3 Å². The Kier molecular flexibility index (Phi) is 6.45. The van der Waals surface area contributed by atoms with E-state index < -0.39 is 0 Å². The minimum absolute atomic E-state index is 0.790. The molecular formula is C21H35N5O. The molecule has 3 aliphatic heterocycles. The molecule has 27 heavy (non-hydrogen) atoms. The fourth-order valence-corrected chi connectivity index (χ4v) is 4.76. The minimum atomic E-state index is 0.790. The molecule has 0 N–H and O–H groups in total. The lowest BCUT2D eigenvalue weighted by Gasteiger charge is -2.37. The predicted octanol–water partition coefficient (Wildman–Crippen LogP) is 2.79. The van der Waals surface area contributed by atoms with Crippen LogP contribution in [0.1, 0.15) is 45.4 Å². The summed E-state index contributed by atoms with van der Waals surface area (Å²) >= 11 is 0. The van der Waals surface area contributed by atoms with E-state index in [4.69, 9.17) is 4.74 Å². The van der Waals surface area contributed by atoms with Gasteiger partial charge in [-0.05, 0) is 58.0 Å². The zero-order valence-electron chi connectivity index (χ0n) is 16.9. The smallest absolute Gasteiger partial charge is 0.134 e. The molecule has 3 aliphatic rings. The summed E-state index contributed by atoms with van der Waals surface area (Å²) in [6, 6.07) is 2.96. The molecule has 0 saturated carbocycles. The van der Waals surface area contributed by atoms with Gasteiger partial charge in [-0.1, -0.05) is 6.42 Å². The van der Waals surface area contributed by atoms with Crippen molar-refractivity contribution in [1.29, 1.82) is 0 Å². The number of likely N-dealkylation sites (tertiary alicyclic amines) is 1. The Morgan fingerprint density at radius 2 is 1.63 bits per heavy atom. The maximum Gasteiger partial charge on any atom is 0.134 e. The molecule has 0 aromatic carbocycles. The molecule has 3 fully saturated rings. The Labute approximate surface area is 163 Å². The molecule has 6 heteroatoms. The van der Waals surface area contributed by atoms with Crippen LogP contribution >= 0.6 is 0 Å². The fourth-order valence-electron chi connectivity index (χ4n) is 4.76. The van der Waals surface area contributed by atoms with Crippen molar-refractivity contribution in [3.63, 3.8) is 0 Å². The summed E-state index contributed by atoms with van der Waals surface area (Å²) in [6.07, 6.45) is 9.87. The molecule has 0 spiro atoms. The number of nitrogens with zero attached hydrogens (tertiary/aromatic N) is 5. The van der Waals surface area contributed by atoms with E-state index in [9.17, 15) is 0 Å². The third kappa shape index (κ3) is 4.91. The Morgan fingerprint density at radius 3 is 2.33 bits per heavy atom. The Hall–Kier alpha value is -1.40. The predicted molar refractivity (Wildman–Crippen MR) is 110 cm³/mol. The van der Waals surface area contributed by atoms with Gasteiger partial charge in [-0.3, -0.25) is 0 Å². The molecular weight excluding hydrogens is 338 g/mol. The lowest BCUT2D eigenvalue weighted by atomic mass is 9.92. The fraction of sp³-hybridized carbons (Fsp3) is 0.810. The molecule has 1 atom stereocenters. The summed E-state index contributed by atoms with van der Waals surface area (Å²) in [5.74, 6) is 3.01.